The van der Waals surface area contributed by atoms with Crippen LogP contribution in [0.2, 0.25) is 10.0 Å². The van der Waals surface area contributed by atoms with E-state index in [0.717, 1.165) is 0 Å². The smallest absolute Gasteiger partial charge is 0.267 e. The minimum atomic E-state index is -2.60. The molecule has 1 heterocycles. The van der Waals surface area contributed by atoms with Crippen molar-refractivity contribution in [3.8, 4) is 0 Å². The number of carbonyl (C=O) groups excluding carboxylic acids is 1. The first kappa shape index (κ1) is 15.6. The number of aromatic amines is 1. The minimum Gasteiger partial charge on any atom is -0.350 e. The number of fused-ring (bicyclic) bond motifs is 1. The van der Waals surface area contributed by atoms with Crippen LogP contribution < -0.4 is 5.32 Å². The molecule has 2 N–H and O–H groups in total. The summed E-state index contributed by atoms with van der Waals surface area (Å²) in [6.45, 7) is 0. The third-order valence-electron chi connectivity index (χ3n) is 3.95. The van der Waals surface area contributed by atoms with Gasteiger partial charge in [-0.25, -0.2) is 8.78 Å². The molecule has 1 amide bonds. The summed E-state index contributed by atoms with van der Waals surface area (Å²) in [6, 6.07) is 4.70. The van der Waals surface area contributed by atoms with Gasteiger partial charge in [0.25, 0.3) is 5.91 Å². The van der Waals surface area contributed by atoms with Gasteiger partial charge in [0.2, 0.25) is 5.92 Å². The molecule has 2 aromatic rings. The Bertz CT molecular complexity index is 720. The van der Waals surface area contributed by atoms with Crippen molar-refractivity contribution < 1.29 is 13.6 Å². The molecule has 1 aromatic heterocycles. The van der Waals surface area contributed by atoms with Crippen LogP contribution in [-0.4, -0.2) is 22.9 Å². The van der Waals surface area contributed by atoms with Crippen LogP contribution in [0.25, 0.3) is 10.9 Å². The van der Waals surface area contributed by atoms with E-state index < -0.39 is 5.92 Å². The van der Waals surface area contributed by atoms with Gasteiger partial charge in [0.05, 0.1) is 5.02 Å². The van der Waals surface area contributed by atoms with Gasteiger partial charge in [-0.3, -0.25) is 4.79 Å². The molecule has 0 radical (unpaired) electrons. The zero-order valence-corrected chi connectivity index (χ0v) is 13.1. The Kier molecular flexibility index (Phi) is 4.03. The average Bonchev–Trinajstić information content (AvgIpc) is 2.85. The van der Waals surface area contributed by atoms with Gasteiger partial charge in [-0.2, -0.15) is 0 Å². The van der Waals surface area contributed by atoms with E-state index in [1.807, 2.05) is 0 Å². The largest absolute Gasteiger partial charge is 0.350 e. The number of nitrogens with one attached hydrogen (secondary N) is 2. The molecule has 0 saturated heterocycles. The van der Waals surface area contributed by atoms with E-state index in [4.69, 9.17) is 23.2 Å². The third-order valence-corrected chi connectivity index (χ3v) is 4.48. The van der Waals surface area contributed by atoms with Gasteiger partial charge in [-0.1, -0.05) is 23.2 Å². The monoisotopic (exact) mass is 346 g/mol. The van der Waals surface area contributed by atoms with Gasteiger partial charge in [-0.05, 0) is 31.0 Å². The molecule has 1 aromatic carbocycles. The molecule has 118 valence electrons. The highest BCUT2D eigenvalue weighted by atomic mass is 35.5. The maximum Gasteiger partial charge on any atom is 0.267 e. The fraction of sp³-hybridized carbons (Fsp3) is 0.400. The number of amides is 1. The Balaban J connectivity index is 1.74. The van der Waals surface area contributed by atoms with Crippen molar-refractivity contribution in [1.29, 1.82) is 0 Å². The fourth-order valence-electron chi connectivity index (χ4n) is 2.73. The van der Waals surface area contributed by atoms with Crippen LogP contribution in [0.4, 0.5) is 8.78 Å². The lowest BCUT2D eigenvalue weighted by Gasteiger charge is -2.28. The minimum absolute atomic E-state index is 0.188. The first-order valence-corrected chi connectivity index (χ1v) is 7.76. The van der Waals surface area contributed by atoms with Crippen molar-refractivity contribution in [3.05, 3.63) is 33.9 Å². The Morgan fingerprint density at radius 1 is 1.23 bits per heavy atom. The van der Waals surface area contributed by atoms with Crippen LogP contribution >= 0.6 is 23.2 Å². The van der Waals surface area contributed by atoms with Crippen LogP contribution in [0.3, 0.4) is 0 Å². The number of hydrogen-bond acceptors (Lipinski definition) is 1. The number of aromatic nitrogens is 1. The van der Waals surface area contributed by atoms with Crippen molar-refractivity contribution in [2.45, 2.75) is 37.6 Å². The molecular formula is C15H14Cl2F2N2O. The summed E-state index contributed by atoms with van der Waals surface area (Å²) < 4.78 is 26.2. The van der Waals surface area contributed by atoms with E-state index in [2.05, 4.69) is 10.3 Å². The number of hydrogen-bond donors (Lipinski definition) is 2. The van der Waals surface area contributed by atoms with Crippen LogP contribution in [-0.2, 0) is 0 Å². The number of rotatable bonds is 2. The van der Waals surface area contributed by atoms with Crippen LogP contribution in [0.5, 0.6) is 0 Å². The molecule has 3 nitrogen and oxygen atoms in total. The quantitative estimate of drug-likeness (QED) is 0.807. The predicted molar refractivity (Wildman–Crippen MR) is 83.0 cm³/mol. The van der Waals surface area contributed by atoms with Gasteiger partial charge in [0, 0.05) is 34.8 Å². The molecular weight excluding hydrogens is 333 g/mol. The van der Waals surface area contributed by atoms with E-state index in [1.165, 1.54) is 0 Å². The number of carbonyl (C=O) groups is 1. The molecule has 1 fully saturated rings. The lowest BCUT2D eigenvalue weighted by atomic mass is 9.92. The summed E-state index contributed by atoms with van der Waals surface area (Å²) in [5.41, 5.74) is 1.01. The molecule has 0 unspecified atom stereocenters. The van der Waals surface area contributed by atoms with E-state index in [-0.39, 0.29) is 37.6 Å². The second-order valence-corrected chi connectivity index (χ2v) is 6.48. The molecule has 1 aliphatic rings. The first-order valence-electron chi connectivity index (χ1n) is 7.00. The highest BCUT2D eigenvalue weighted by Gasteiger charge is 2.35. The molecule has 7 heteroatoms. The van der Waals surface area contributed by atoms with Gasteiger partial charge in [0.15, 0.2) is 0 Å². The standard InChI is InChI=1S/C15H14Cl2F2N2O/c16-8-5-11(17)10-7-13(21-12(10)6-8)14(22)20-9-1-3-15(18,19)4-2-9/h5-7,9,21H,1-4H2,(H,20,22). The summed E-state index contributed by atoms with van der Waals surface area (Å²) in [4.78, 5) is 15.2. The van der Waals surface area contributed by atoms with Crippen molar-refractivity contribution in [2.24, 2.45) is 0 Å². The molecule has 1 saturated carbocycles. The summed E-state index contributed by atoms with van der Waals surface area (Å²) in [5.74, 6) is -2.93. The number of H-pyrrole nitrogens is 1. The van der Waals surface area contributed by atoms with Crippen molar-refractivity contribution in [2.75, 3.05) is 0 Å². The summed E-state index contributed by atoms with van der Waals surface area (Å²) in [7, 11) is 0. The second-order valence-electron chi connectivity index (χ2n) is 5.64. The third kappa shape index (κ3) is 3.20. The summed E-state index contributed by atoms with van der Waals surface area (Å²) >= 11 is 12.0. The Morgan fingerprint density at radius 3 is 2.59 bits per heavy atom. The Morgan fingerprint density at radius 2 is 1.91 bits per heavy atom. The van der Waals surface area contributed by atoms with Gasteiger partial charge < -0.3 is 10.3 Å². The zero-order valence-electron chi connectivity index (χ0n) is 11.6. The Hall–Kier alpha value is -1.33. The van der Waals surface area contributed by atoms with E-state index in [1.54, 1.807) is 18.2 Å². The fourth-order valence-corrected chi connectivity index (χ4v) is 3.28. The lowest BCUT2D eigenvalue weighted by Crippen LogP contribution is -2.40. The molecule has 1 aliphatic carbocycles. The average molecular weight is 347 g/mol. The van der Waals surface area contributed by atoms with E-state index in [9.17, 15) is 13.6 Å². The maximum absolute atomic E-state index is 13.1. The number of benzene rings is 1. The predicted octanol–water partition coefficient (Wildman–Crippen LogP) is 4.78. The maximum atomic E-state index is 13.1. The molecule has 0 bridgehead atoms. The van der Waals surface area contributed by atoms with Gasteiger partial charge in [0.1, 0.15) is 5.69 Å². The van der Waals surface area contributed by atoms with Crippen LogP contribution in [0.1, 0.15) is 36.2 Å². The summed E-state index contributed by atoms with van der Waals surface area (Å²) in [5, 5.41) is 4.42. The number of halogens is 4. The number of alkyl halides is 2. The Labute approximate surface area is 136 Å². The normalized spacial score (nSPS) is 18.5. The van der Waals surface area contributed by atoms with E-state index >= 15 is 0 Å². The highest BCUT2D eigenvalue weighted by Crippen LogP contribution is 2.33. The van der Waals surface area contributed by atoms with E-state index in [0.29, 0.717) is 26.6 Å². The van der Waals surface area contributed by atoms with Gasteiger partial charge >= 0.3 is 0 Å². The SMILES string of the molecule is O=C(NC1CCC(F)(F)CC1)c1cc2c(Cl)cc(Cl)cc2[nH]1. The topological polar surface area (TPSA) is 44.9 Å². The van der Waals surface area contributed by atoms with Crippen LogP contribution in [0.15, 0.2) is 18.2 Å². The highest BCUT2D eigenvalue weighted by molar-refractivity contribution is 6.38. The zero-order chi connectivity index (χ0) is 15.9. The first-order chi connectivity index (χ1) is 10.3. The molecule has 0 spiro atoms. The molecule has 0 atom stereocenters. The molecule has 0 aliphatic heterocycles. The van der Waals surface area contributed by atoms with Crippen molar-refractivity contribution in [3.63, 3.8) is 0 Å². The molecule has 22 heavy (non-hydrogen) atoms. The van der Waals surface area contributed by atoms with Crippen molar-refractivity contribution in [1.82, 2.24) is 10.3 Å². The molecule has 3 rings (SSSR count). The van der Waals surface area contributed by atoms with Crippen LogP contribution in [0, 0.1) is 0 Å². The van der Waals surface area contributed by atoms with Crippen molar-refractivity contribution >= 4 is 40.0 Å². The lowest BCUT2D eigenvalue weighted by molar-refractivity contribution is -0.0399. The van der Waals surface area contributed by atoms with Gasteiger partial charge in [-0.15, -0.1) is 0 Å². The second kappa shape index (κ2) is 5.70. The summed E-state index contributed by atoms with van der Waals surface area (Å²) in [6.07, 6.45) is 0.190.